The predicted octanol–water partition coefficient (Wildman–Crippen LogP) is 1.43. The maximum Gasteiger partial charge on any atom is 0.236 e. The van der Waals surface area contributed by atoms with Crippen molar-refractivity contribution in [3.8, 4) is 0 Å². The van der Waals surface area contributed by atoms with Gasteiger partial charge >= 0.3 is 0 Å². The van der Waals surface area contributed by atoms with E-state index in [1.54, 1.807) is 0 Å². The Balaban J connectivity index is 3.96. The number of nitrogens with one attached hydrogen (secondary N) is 2. The van der Waals surface area contributed by atoms with Gasteiger partial charge in [-0.05, 0) is 26.7 Å². The van der Waals surface area contributed by atoms with E-state index in [0.29, 0.717) is 0 Å². The van der Waals surface area contributed by atoms with Crippen LogP contribution in [0.2, 0.25) is 0 Å². The summed E-state index contributed by atoms with van der Waals surface area (Å²) in [5.74, 6) is 0.00854. The summed E-state index contributed by atoms with van der Waals surface area (Å²) >= 11 is 0. The minimum absolute atomic E-state index is 0.00854. The van der Waals surface area contributed by atoms with E-state index in [9.17, 15) is 9.90 Å². The molecule has 3 N–H and O–H groups in total. The van der Waals surface area contributed by atoms with Crippen LogP contribution in [0.4, 0.5) is 0 Å². The van der Waals surface area contributed by atoms with Gasteiger partial charge in [-0.3, -0.25) is 10.1 Å². The molecule has 0 aliphatic carbocycles. The van der Waals surface area contributed by atoms with Crippen molar-refractivity contribution in [1.29, 1.82) is 0 Å². The molecular weight excluding hydrogens is 216 g/mol. The summed E-state index contributed by atoms with van der Waals surface area (Å²) in [6, 6.07) is -0.270. The van der Waals surface area contributed by atoms with Gasteiger partial charge in [-0.15, -0.1) is 0 Å². The van der Waals surface area contributed by atoms with Gasteiger partial charge in [-0.1, -0.05) is 26.7 Å². The van der Waals surface area contributed by atoms with E-state index in [-0.39, 0.29) is 24.1 Å². The molecule has 0 bridgehead atoms. The fraction of sp³-hybridized carbons (Fsp3) is 0.923. The molecule has 2 unspecified atom stereocenters. The normalized spacial score (nSPS) is 16.3. The SMILES string of the molecule is CCCCCNC(=O)C(C)NC(C)(CC)CO. The molecule has 0 fully saturated rings. The first-order valence-corrected chi connectivity index (χ1v) is 6.65. The predicted molar refractivity (Wildman–Crippen MR) is 70.9 cm³/mol. The summed E-state index contributed by atoms with van der Waals surface area (Å²) in [6.07, 6.45) is 4.12. The lowest BCUT2D eigenvalue weighted by atomic mass is 9.99. The van der Waals surface area contributed by atoms with Gasteiger partial charge in [0.05, 0.1) is 12.6 Å². The van der Waals surface area contributed by atoms with Crippen LogP contribution in [0, 0.1) is 0 Å². The van der Waals surface area contributed by atoms with Gasteiger partial charge in [0.2, 0.25) is 5.91 Å². The smallest absolute Gasteiger partial charge is 0.236 e. The molecule has 0 rings (SSSR count). The molecule has 17 heavy (non-hydrogen) atoms. The zero-order valence-electron chi connectivity index (χ0n) is 11.7. The minimum atomic E-state index is -0.375. The maximum absolute atomic E-state index is 11.8. The highest BCUT2D eigenvalue weighted by molar-refractivity contribution is 5.81. The maximum atomic E-state index is 11.8. The highest BCUT2D eigenvalue weighted by Gasteiger charge is 2.25. The van der Waals surface area contributed by atoms with E-state index in [1.807, 2.05) is 20.8 Å². The average Bonchev–Trinajstić information content (AvgIpc) is 2.34. The van der Waals surface area contributed by atoms with Crippen LogP contribution in [0.25, 0.3) is 0 Å². The Bertz CT molecular complexity index is 215. The van der Waals surface area contributed by atoms with Crippen LogP contribution in [0.15, 0.2) is 0 Å². The van der Waals surface area contributed by atoms with Gasteiger partial charge in [-0.2, -0.15) is 0 Å². The summed E-state index contributed by atoms with van der Waals surface area (Å²) in [5, 5.41) is 15.3. The lowest BCUT2D eigenvalue weighted by Gasteiger charge is -2.30. The van der Waals surface area contributed by atoms with Gasteiger partial charge in [0.15, 0.2) is 0 Å². The number of aliphatic hydroxyl groups excluding tert-OH is 1. The number of unbranched alkanes of at least 4 members (excludes halogenated alkanes) is 2. The first-order chi connectivity index (χ1) is 7.99. The van der Waals surface area contributed by atoms with Crippen LogP contribution in [-0.2, 0) is 4.79 Å². The van der Waals surface area contributed by atoms with E-state index in [0.717, 1.165) is 32.2 Å². The third kappa shape index (κ3) is 6.64. The fourth-order valence-corrected chi connectivity index (χ4v) is 1.59. The minimum Gasteiger partial charge on any atom is -0.394 e. The molecule has 4 nitrogen and oxygen atoms in total. The standard InChI is InChI=1S/C13H28N2O2/c1-5-7-8-9-14-12(17)11(3)15-13(4,6-2)10-16/h11,15-16H,5-10H2,1-4H3,(H,14,17). The van der Waals surface area contributed by atoms with E-state index in [2.05, 4.69) is 17.6 Å². The van der Waals surface area contributed by atoms with Crippen LogP contribution in [0.5, 0.6) is 0 Å². The average molecular weight is 244 g/mol. The van der Waals surface area contributed by atoms with Crippen molar-refractivity contribution in [3.63, 3.8) is 0 Å². The third-order valence-corrected chi connectivity index (χ3v) is 3.17. The zero-order valence-corrected chi connectivity index (χ0v) is 11.7. The van der Waals surface area contributed by atoms with Gasteiger partial charge in [0.25, 0.3) is 0 Å². The van der Waals surface area contributed by atoms with Crippen LogP contribution in [0.1, 0.15) is 53.4 Å². The highest BCUT2D eigenvalue weighted by atomic mass is 16.3. The quantitative estimate of drug-likeness (QED) is 0.538. The summed E-state index contributed by atoms with van der Waals surface area (Å²) in [6.45, 7) is 8.67. The summed E-state index contributed by atoms with van der Waals surface area (Å²) < 4.78 is 0. The molecule has 2 atom stereocenters. The molecule has 0 aliphatic rings. The Labute approximate surface area is 105 Å². The third-order valence-electron chi connectivity index (χ3n) is 3.17. The molecule has 0 spiro atoms. The molecule has 0 saturated carbocycles. The van der Waals surface area contributed by atoms with Crippen molar-refractivity contribution in [3.05, 3.63) is 0 Å². The molecule has 0 saturated heterocycles. The monoisotopic (exact) mass is 244 g/mol. The lowest BCUT2D eigenvalue weighted by Crippen LogP contribution is -2.54. The summed E-state index contributed by atoms with van der Waals surface area (Å²) in [7, 11) is 0. The molecule has 0 aromatic carbocycles. The number of hydrogen-bond acceptors (Lipinski definition) is 3. The topological polar surface area (TPSA) is 61.4 Å². The Morgan fingerprint density at radius 3 is 2.47 bits per heavy atom. The van der Waals surface area contributed by atoms with Crippen LogP contribution in [0.3, 0.4) is 0 Å². The molecule has 1 amide bonds. The molecule has 102 valence electrons. The molecule has 4 heteroatoms. The fourth-order valence-electron chi connectivity index (χ4n) is 1.59. The molecule has 0 aliphatic heterocycles. The van der Waals surface area contributed by atoms with Crippen molar-refractivity contribution < 1.29 is 9.90 Å². The highest BCUT2D eigenvalue weighted by Crippen LogP contribution is 2.08. The number of amides is 1. The Morgan fingerprint density at radius 2 is 2.00 bits per heavy atom. The first-order valence-electron chi connectivity index (χ1n) is 6.65. The van der Waals surface area contributed by atoms with E-state index in [4.69, 9.17) is 0 Å². The van der Waals surface area contributed by atoms with E-state index in [1.165, 1.54) is 0 Å². The second-order valence-corrected chi connectivity index (χ2v) is 4.94. The van der Waals surface area contributed by atoms with Crippen LogP contribution in [-0.4, -0.2) is 35.7 Å². The Kier molecular flexibility index (Phi) is 8.17. The molecular formula is C13H28N2O2. The van der Waals surface area contributed by atoms with Crippen molar-refractivity contribution in [1.82, 2.24) is 10.6 Å². The van der Waals surface area contributed by atoms with Crippen LogP contribution < -0.4 is 10.6 Å². The summed E-state index contributed by atoms with van der Waals surface area (Å²) in [5.41, 5.74) is -0.375. The zero-order chi connectivity index (χ0) is 13.3. The van der Waals surface area contributed by atoms with Crippen molar-refractivity contribution in [2.24, 2.45) is 0 Å². The largest absolute Gasteiger partial charge is 0.394 e. The van der Waals surface area contributed by atoms with Gasteiger partial charge < -0.3 is 10.4 Å². The number of carbonyl (C=O) groups excluding carboxylic acids is 1. The second kappa shape index (κ2) is 8.48. The number of rotatable bonds is 9. The molecule has 0 radical (unpaired) electrons. The van der Waals surface area contributed by atoms with E-state index >= 15 is 0 Å². The Morgan fingerprint density at radius 1 is 1.35 bits per heavy atom. The first kappa shape index (κ1) is 16.4. The van der Waals surface area contributed by atoms with Gasteiger partial charge in [-0.25, -0.2) is 0 Å². The lowest BCUT2D eigenvalue weighted by molar-refractivity contribution is -0.123. The van der Waals surface area contributed by atoms with Crippen LogP contribution >= 0.6 is 0 Å². The number of aliphatic hydroxyl groups is 1. The molecule has 0 heterocycles. The van der Waals surface area contributed by atoms with Crippen molar-refractivity contribution in [2.75, 3.05) is 13.2 Å². The van der Waals surface area contributed by atoms with Crippen molar-refractivity contribution >= 4 is 5.91 Å². The molecule has 0 aromatic heterocycles. The number of carbonyl (C=O) groups is 1. The van der Waals surface area contributed by atoms with Crippen molar-refractivity contribution in [2.45, 2.75) is 65.0 Å². The molecule has 0 aromatic rings. The second-order valence-electron chi connectivity index (χ2n) is 4.94. The number of hydrogen-bond donors (Lipinski definition) is 3. The summed E-state index contributed by atoms with van der Waals surface area (Å²) in [4.78, 5) is 11.8. The van der Waals surface area contributed by atoms with E-state index < -0.39 is 0 Å². The van der Waals surface area contributed by atoms with Gasteiger partial charge in [0, 0.05) is 12.1 Å². The van der Waals surface area contributed by atoms with Gasteiger partial charge in [0.1, 0.15) is 0 Å². The Hall–Kier alpha value is -0.610.